The van der Waals surface area contributed by atoms with E-state index in [4.69, 9.17) is 0 Å². The van der Waals surface area contributed by atoms with Crippen LogP contribution < -0.4 is 5.32 Å². The number of aryl methyl sites for hydroxylation is 3. The molecule has 1 aromatic carbocycles. The summed E-state index contributed by atoms with van der Waals surface area (Å²) in [5.41, 5.74) is 5.07. The Labute approximate surface area is 176 Å². The first kappa shape index (κ1) is 21.3. The van der Waals surface area contributed by atoms with Crippen molar-refractivity contribution in [3.05, 3.63) is 53.5 Å². The van der Waals surface area contributed by atoms with Crippen LogP contribution in [-0.4, -0.2) is 41.4 Å². The second kappa shape index (κ2) is 8.14. The Morgan fingerprint density at radius 1 is 1.20 bits per heavy atom. The fraction of sp³-hybridized carbons (Fsp3) is 0.364. The summed E-state index contributed by atoms with van der Waals surface area (Å²) in [4.78, 5) is 22.2. The number of nitrogens with zero attached hydrogens (tertiary/aromatic N) is 5. The quantitative estimate of drug-likeness (QED) is 0.644. The largest absolute Gasteiger partial charge is 0.465 e. The molecule has 3 rings (SSSR count). The number of aromatic nitrogens is 4. The van der Waals surface area contributed by atoms with Crippen molar-refractivity contribution < 1.29 is 9.90 Å². The zero-order chi connectivity index (χ0) is 22.1. The maximum absolute atomic E-state index is 11.7. The molecule has 30 heavy (non-hydrogen) atoms. The number of amides is 1. The number of carboxylic acid groups (broad SMARTS) is 1. The molecule has 0 radical (unpaired) electrons. The van der Waals surface area contributed by atoms with Crippen molar-refractivity contribution in [2.45, 2.75) is 46.7 Å². The first-order valence-electron chi connectivity index (χ1n) is 9.74. The molecule has 0 atom stereocenters. The molecule has 0 aliphatic heterocycles. The Morgan fingerprint density at radius 3 is 2.50 bits per heavy atom. The minimum absolute atomic E-state index is 0.335. The highest BCUT2D eigenvalue weighted by molar-refractivity contribution is 5.68. The van der Waals surface area contributed by atoms with Gasteiger partial charge in [0.1, 0.15) is 0 Å². The maximum Gasteiger partial charge on any atom is 0.408 e. The average Bonchev–Trinajstić information content (AvgIpc) is 3.05. The molecular weight excluding hydrogens is 380 g/mol. The molecule has 2 N–H and O–H groups in total. The molecule has 0 saturated carbocycles. The summed E-state index contributed by atoms with van der Waals surface area (Å²) < 4.78 is 1.71. The van der Waals surface area contributed by atoms with Crippen molar-refractivity contribution in [1.82, 2.24) is 24.6 Å². The molecule has 0 aliphatic carbocycles. The third kappa shape index (κ3) is 4.76. The van der Waals surface area contributed by atoms with Gasteiger partial charge in [0.2, 0.25) is 5.95 Å². The normalized spacial score (nSPS) is 11.4. The molecule has 1 amide bonds. The summed E-state index contributed by atoms with van der Waals surface area (Å²) in [6.45, 7) is 9.98. The van der Waals surface area contributed by atoms with E-state index in [0.717, 1.165) is 33.6 Å². The second-order valence-electron chi connectivity index (χ2n) is 8.43. The number of hydrogen-bond donors (Lipinski definition) is 2. The predicted octanol–water partition coefficient (Wildman–Crippen LogP) is 4.52. The summed E-state index contributed by atoms with van der Waals surface area (Å²) >= 11 is 0. The van der Waals surface area contributed by atoms with E-state index >= 15 is 0 Å². The molecule has 0 unspecified atom stereocenters. The summed E-state index contributed by atoms with van der Waals surface area (Å²) in [5.74, 6) is 0.495. The van der Waals surface area contributed by atoms with Gasteiger partial charge >= 0.3 is 6.09 Å². The first-order valence-corrected chi connectivity index (χ1v) is 9.74. The lowest BCUT2D eigenvalue weighted by atomic mass is 9.99. The van der Waals surface area contributed by atoms with E-state index in [2.05, 4.69) is 20.4 Å². The fourth-order valence-electron chi connectivity index (χ4n) is 3.19. The maximum atomic E-state index is 11.7. The number of rotatable bonds is 5. The molecular formula is C22H28N6O2. The van der Waals surface area contributed by atoms with Crippen molar-refractivity contribution in [3.63, 3.8) is 0 Å². The average molecular weight is 409 g/mol. The third-order valence-electron chi connectivity index (χ3n) is 4.92. The fourth-order valence-corrected chi connectivity index (χ4v) is 3.19. The van der Waals surface area contributed by atoms with Crippen molar-refractivity contribution in [1.29, 1.82) is 0 Å². The van der Waals surface area contributed by atoms with Crippen LogP contribution in [0.25, 0.3) is 11.3 Å². The van der Waals surface area contributed by atoms with E-state index in [1.54, 1.807) is 17.1 Å². The van der Waals surface area contributed by atoms with Crippen LogP contribution in [0.1, 0.15) is 37.5 Å². The van der Waals surface area contributed by atoms with E-state index in [1.165, 1.54) is 4.90 Å². The molecule has 0 bridgehead atoms. The zero-order valence-electron chi connectivity index (χ0n) is 18.3. The highest BCUT2D eigenvalue weighted by atomic mass is 16.4. The molecule has 3 aromatic rings. The van der Waals surface area contributed by atoms with Gasteiger partial charge in [-0.25, -0.2) is 14.8 Å². The predicted molar refractivity (Wildman–Crippen MR) is 117 cm³/mol. The van der Waals surface area contributed by atoms with Crippen molar-refractivity contribution >= 4 is 17.7 Å². The summed E-state index contributed by atoms with van der Waals surface area (Å²) in [7, 11) is 1.85. The van der Waals surface area contributed by atoms with Crippen LogP contribution in [0.15, 0.2) is 36.8 Å². The van der Waals surface area contributed by atoms with Crippen LogP contribution >= 0.6 is 0 Å². The van der Waals surface area contributed by atoms with E-state index in [9.17, 15) is 9.90 Å². The molecule has 8 heteroatoms. The minimum atomic E-state index is -0.927. The van der Waals surface area contributed by atoms with Gasteiger partial charge in [0.25, 0.3) is 0 Å². The van der Waals surface area contributed by atoms with Gasteiger partial charge in [-0.3, -0.25) is 9.58 Å². The highest BCUT2D eigenvalue weighted by Crippen LogP contribution is 2.27. The molecule has 2 heterocycles. The Bertz CT molecular complexity index is 1070. The number of anilines is 2. The van der Waals surface area contributed by atoms with Crippen LogP contribution in [0.4, 0.5) is 16.4 Å². The van der Waals surface area contributed by atoms with Crippen LogP contribution in [0.5, 0.6) is 0 Å². The Hall–Kier alpha value is -3.42. The lowest BCUT2D eigenvalue weighted by molar-refractivity contribution is 0.0954. The lowest BCUT2D eigenvalue weighted by Crippen LogP contribution is -2.44. The third-order valence-corrected chi connectivity index (χ3v) is 4.92. The van der Waals surface area contributed by atoms with Gasteiger partial charge < -0.3 is 10.4 Å². The SMILES string of the molecule is Cc1cc(-c2nc(Nc3cnn(C)c3)ncc2C)ccc1CN(C(=O)O)C(C)(C)C. The van der Waals surface area contributed by atoms with Crippen LogP contribution in [-0.2, 0) is 13.6 Å². The van der Waals surface area contributed by atoms with Gasteiger partial charge in [-0.1, -0.05) is 12.1 Å². The Morgan fingerprint density at radius 2 is 1.93 bits per heavy atom. The second-order valence-corrected chi connectivity index (χ2v) is 8.43. The molecule has 0 fully saturated rings. The van der Waals surface area contributed by atoms with Gasteiger partial charge in [-0.2, -0.15) is 5.10 Å². The molecule has 2 aromatic heterocycles. The van der Waals surface area contributed by atoms with Gasteiger partial charge in [0.15, 0.2) is 0 Å². The van der Waals surface area contributed by atoms with E-state index < -0.39 is 11.6 Å². The highest BCUT2D eigenvalue weighted by Gasteiger charge is 2.26. The van der Waals surface area contributed by atoms with Gasteiger partial charge in [0.05, 0.1) is 17.6 Å². The smallest absolute Gasteiger partial charge is 0.408 e. The van der Waals surface area contributed by atoms with Crippen LogP contribution in [0, 0.1) is 13.8 Å². The minimum Gasteiger partial charge on any atom is -0.465 e. The van der Waals surface area contributed by atoms with E-state index in [0.29, 0.717) is 12.5 Å². The first-order chi connectivity index (χ1) is 14.0. The monoisotopic (exact) mass is 408 g/mol. The lowest BCUT2D eigenvalue weighted by Gasteiger charge is -2.33. The van der Waals surface area contributed by atoms with Gasteiger partial charge in [-0.15, -0.1) is 0 Å². The summed E-state index contributed by atoms with van der Waals surface area (Å²) in [5, 5.41) is 16.9. The molecule has 0 saturated heterocycles. The molecule has 8 nitrogen and oxygen atoms in total. The number of hydrogen-bond acceptors (Lipinski definition) is 5. The topological polar surface area (TPSA) is 96.2 Å². The zero-order valence-corrected chi connectivity index (χ0v) is 18.3. The molecule has 0 aliphatic rings. The molecule has 158 valence electrons. The van der Waals surface area contributed by atoms with E-state index in [-0.39, 0.29) is 0 Å². The Balaban J connectivity index is 1.88. The Kier molecular flexibility index (Phi) is 5.78. The van der Waals surface area contributed by atoms with Crippen LogP contribution in [0.3, 0.4) is 0 Å². The summed E-state index contributed by atoms with van der Waals surface area (Å²) in [6.07, 6.45) is 4.43. The van der Waals surface area contributed by atoms with Gasteiger partial charge in [0, 0.05) is 37.1 Å². The number of carbonyl (C=O) groups is 1. The number of nitrogens with one attached hydrogen (secondary N) is 1. The van der Waals surface area contributed by atoms with Crippen LogP contribution in [0.2, 0.25) is 0 Å². The van der Waals surface area contributed by atoms with Crippen molar-refractivity contribution in [2.24, 2.45) is 7.05 Å². The molecule has 0 spiro atoms. The number of benzene rings is 1. The van der Waals surface area contributed by atoms with E-state index in [1.807, 2.05) is 66.1 Å². The van der Waals surface area contributed by atoms with Crippen molar-refractivity contribution in [2.75, 3.05) is 5.32 Å². The van der Waals surface area contributed by atoms with Gasteiger partial charge in [-0.05, 0) is 57.4 Å². The summed E-state index contributed by atoms with van der Waals surface area (Å²) in [6, 6.07) is 6.00. The van der Waals surface area contributed by atoms with Crippen molar-refractivity contribution in [3.8, 4) is 11.3 Å². The standard InChI is InChI=1S/C22H28N6O2/c1-14-9-16(7-8-17(14)12-28(21(29)30)22(3,4)5)19-15(2)10-23-20(26-19)25-18-11-24-27(6)13-18/h7-11,13H,12H2,1-6H3,(H,29,30)(H,23,25,26).